The molecule has 0 heterocycles. The molecule has 2 aromatic rings. The Balaban J connectivity index is 2.38. The molecular formula is C17H19BrN2O4S. The molecule has 0 aliphatic carbocycles. The number of methoxy groups -OCH3 is 1. The molecule has 1 amide bonds. The Morgan fingerprint density at radius 2 is 1.84 bits per heavy atom. The highest BCUT2D eigenvalue weighted by molar-refractivity contribution is 9.10. The summed E-state index contributed by atoms with van der Waals surface area (Å²) in [4.78, 5) is 12.5. The van der Waals surface area contributed by atoms with Crippen molar-refractivity contribution in [1.82, 2.24) is 4.72 Å². The first-order valence-electron chi connectivity index (χ1n) is 7.51. The fourth-order valence-electron chi connectivity index (χ4n) is 2.17. The number of halogens is 1. The van der Waals surface area contributed by atoms with Gasteiger partial charge in [-0.25, -0.2) is 13.1 Å². The molecule has 0 radical (unpaired) electrons. The summed E-state index contributed by atoms with van der Waals surface area (Å²) in [6.45, 7) is 3.47. The van der Waals surface area contributed by atoms with Crippen molar-refractivity contribution in [3.8, 4) is 5.75 Å². The number of carbonyl (C=O) groups excluding carboxylic acids is 1. The van der Waals surface area contributed by atoms with Crippen molar-refractivity contribution >= 4 is 37.5 Å². The molecule has 0 unspecified atom stereocenters. The second-order valence-corrected chi connectivity index (χ2v) is 8.14. The first-order valence-corrected chi connectivity index (χ1v) is 9.78. The van der Waals surface area contributed by atoms with Gasteiger partial charge in [0.25, 0.3) is 5.91 Å². The first-order chi connectivity index (χ1) is 11.7. The predicted octanol–water partition coefficient (Wildman–Crippen LogP) is 3.40. The minimum absolute atomic E-state index is 0.0458. The van der Waals surface area contributed by atoms with Crippen molar-refractivity contribution in [2.75, 3.05) is 12.4 Å². The van der Waals surface area contributed by atoms with Crippen molar-refractivity contribution in [1.29, 1.82) is 0 Å². The summed E-state index contributed by atoms with van der Waals surface area (Å²) < 4.78 is 33.0. The number of sulfonamides is 1. The van der Waals surface area contributed by atoms with Crippen molar-refractivity contribution in [3.05, 3.63) is 52.5 Å². The molecule has 134 valence electrons. The Bertz CT molecular complexity index is 882. The van der Waals surface area contributed by atoms with E-state index in [0.29, 0.717) is 15.8 Å². The topological polar surface area (TPSA) is 84.5 Å². The normalized spacial score (nSPS) is 11.4. The highest BCUT2D eigenvalue weighted by Gasteiger charge is 2.19. The molecule has 2 rings (SSSR count). The second-order valence-electron chi connectivity index (χ2n) is 5.57. The SMILES string of the molecule is COc1ccc(S(=O)(=O)NC(C)C)cc1NC(=O)c1ccccc1Br. The van der Waals surface area contributed by atoms with Crippen molar-refractivity contribution < 1.29 is 17.9 Å². The lowest BCUT2D eigenvalue weighted by molar-refractivity contribution is 0.102. The van der Waals surface area contributed by atoms with E-state index in [2.05, 4.69) is 26.0 Å². The van der Waals surface area contributed by atoms with E-state index >= 15 is 0 Å². The van der Waals surface area contributed by atoms with Gasteiger partial charge in [0.15, 0.2) is 0 Å². The molecule has 0 aliphatic heterocycles. The Hall–Kier alpha value is -1.90. The molecule has 25 heavy (non-hydrogen) atoms. The first kappa shape index (κ1) is 19.4. The van der Waals surface area contributed by atoms with Crippen LogP contribution in [0.1, 0.15) is 24.2 Å². The number of anilines is 1. The quantitative estimate of drug-likeness (QED) is 0.740. The number of hydrogen-bond acceptors (Lipinski definition) is 4. The number of carbonyl (C=O) groups is 1. The zero-order valence-corrected chi connectivity index (χ0v) is 16.4. The van der Waals surface area contributed by atoms with E-state index < -0.39 is 10.0 Å². The maximum absolute atomic E-state index is 12.5. The van der Waals surface area contributed by atoms with Crippen LogP contribution in [-0.4, -0.2) is 27.5 Å². The summed E-state index contributed by atoms with van der Waals surface area (Å²) in [6.07, 6.45) is 0. The van der Waals surface area contributed by atoms with E-state index in [1.54, 1.807) is 38.1 Å². The average Bonchev–Trinajstić information content (AvgIpc) is 2.54. The summed E-state index contributed by atoms with van der Waals surface area (Å²) in [5, 5.41) is 2.70. The molecule has 0 fully saturated rings. The Morgan fingerprint density at radius 1 is 1.16 bits per heavy atom. The van der Waals surface area contributed by atoms with Crippen molar-refractivity contribution in [2.45, 2.75) is 24.8 Å². The molecule has 6 nitrogen and oxygen atoms in total. The van der Waals surface area contributed by atoms with Gasteiger partial charge in [-0.15, -0.1) is 0 Å². The standard InChI is InChI=1S/C17H19BrN2O4S/c1-11(2)20-25(22,23)12-8-9-16(24-3)15(10-12)19-17(21)13-6-4-5-7-14(13)18/h4-11,20H,1-3H3,(H,19,21). The minimum atomic E-state index is -3.68. The molecule has 0 aromatic heterocycles. The maximum atomic E-state index is 12.5. The number of hydrogen-bond donors (Lipinski definition) is 2. The third-order valence-corrected chi connectivity index (χ3v) is 5.59. The number of ether oxygens (including phenoxy) is 1. The lowest BCUT2D eigenvalue weighted by atomic mass is 10.2. The van der Waals surface area contributed by atoms with E-state index in [9.17, 15) is 13.2 Å². The van der Waals surface area contributed by atoms with Gasteiger partial charge in [0.2, 0.25) is 10.0 Å². The van der Waals surface area contributed by atoms with Gasteiger partial charge in [-0.05, 0) is 60.1 Å². The van der Waals surface area contributed by atoms with Crippen LogP contribution >= 0.6 is 15.9 Å². The number of amides is 1. The smallest absolute Gasteiger partial charge is 0.256 e. The van der Waals surface area contributed by atoms with Crippen molar-refractivity contribution in [3.63, 3.8) is 0 Å². The molecule has 0 spiro atoms. The molecule has 2 N–H and O–H groups in total. The molecule has 0 bridgehead atoms. The van der Waals surface area contributed by atoms with Crippen LogP contribution in [0, 0.1) is 0 Å². The number of nitrogens with one attached hydrogen (secondary N) is 2. The Morgan fingerprint density at radius 3 is 2.44 bits per heavy atom. The molecule has 0 saturated carbocycles. The number of rotatable bonds is 6. The Kier molecular flexibility index (Phi) is 6.21. The second kappa shape index (κ2) is 7.99. The summed E-state index contributed by atoms with van der Waals surface area (Å²) in [5.41, 5.74) is 0.702. The van der Waals surface area contributed by atoms with E-state index in [-0.39, 0.29) is 22.5 Å². The third-order valence-electron chi connectivity index (χ3n) is 3.24. The fraction of sp³-hybridized carbons (Fsp3) is 0.235. The molecule has 0 aliphatic rings. The van der Waals surface area contributed by atoms with Crippen LogP contribution in [0.3, 0.4) is 0 Å². The zero-order valence-electron chi connectivity index (χ0n) is 14.0. The van der Waals surface area contributed by atoms with E-state index in [1.807, 2.05) is 0 Å². The van der Waals surface area contributed by atoms with Crippen molar-refractivity contribution in [2.24, 2.45) is 0 Å². The summed E-state index contributed by atoms with van der Waals surface area (Å²) in [5.74, 6) is -0.0129. The van der Waals surface area contributed by atoms with Gasteiger partial charge in [0.05, 0.1) is 23.3 Å². The van der Waals surface area contributed by atoms with Crippen LogP contribution in [-0.2, 0) is 10.0 Å². The fourth-order valence-corrected chi connectivity index (χ4v) is 3.91. The van der Waals surface area contributed by atoms with Gasteiger partial charge >= 0.3 is 0 Å². The van der Waals surface area contributed by atoms with Crippen LogP contribution in [0.4, 0.5) is 5.69 Å². The molecule has 0 saturated heterocycles. The molecular weight excluding hydrogens is 408 g/mol. The van der Waals surface area contributed by atoms with E-state index in [1.165, 1.54) is 25.3 Å². The monoisotopic (exact) mass is 426 g/mol. The van der Waals surface area contributed by atoms with Gasteiger partial charge in [-0.2, -0.15) is 0 Å². The lowest BCUT2D eigenvalue weighted by Crippen LogP contribution is -2.30. The highest BCUT2D eigenvalue weighted by atomic mass is 79.9. The Labute approximate surface area is 155 Å². The van der Waals surface area contributed by atoms with E-state index in [0.717, 1.165) is 0 Å². The van der Waals surface area contributed by atoms with Crippen LogP contribution < -0.4 is 14.8 Å². The summed E-state index contributed by atoms with van der Waals surface area (Å²) >= 11 is 3.32. The third kappa shape index (κ3) is 4.81. The summed E-state index contributed by atoms with van der Waals surface area (Å²) in [6, 6.07) is 11.0. The van der Waals surface area contributed by atoms with Crippen LogP contribution in [0.15, 0.2) is 51.8 Å². The molecule has 8 heteroatoms. The summed E-state index contributed by atoms with van der Waals surface area (Å²) in [7, 11) is -2.23. The zero-order chi connectivity index (χ0) is 18.6. The maximum Gasteiger partial charge on any atom is 0.256 e. The number of benzene rings is 2. The largest absolute Gasteiger partial charge is 0.495 e. The van der Waals surface area contributed by atoms with Gasteiger partial charge in [-0.3, -0.25) is 4.79 Å². The van der Waals surface area contributed by atoms with Gasteiger partial charge in [-0.1, -0.05) is 12.1 Å². The minimum Gasteiger partial charge on any atom is -0.495 e. The predicted molar refractivity (Wildman–Crippen MR) is 101 cm³/mol. The van der Waals surface area contributed by atoms with Crippen LogP contribution in [0.5, 0.6) is 5.75 Å². The lowest BCUT2D eigenvalue weighted by Gasteiger charge is -2.14. The average molecular weight is 427 g/mol. The van der Waals surface area contributed by atoms with Crippen LogP contribution in [0.2, 0.25) is 0 Å². The molecule has 0 atom stereocenters. The van der Waals surface area contributed by atoms with Crippen LogP contribution in [0.25, 0.3) is 0 Å². The van der Waals surface area contributed by atoms with Gasteiger partial charge < -0.3 is 10.1 Å². The van der Waals surface area contributed by atoms with Gasteiger partial charge in [0.1, 0.15) is 5.75 Å². The van der Waals surface area contributed by atoms with E-state index in [4.69, 9.17) is 4.74 Å². The molecule has 2 aromatic carbocycles. The highest BCUT2D eigenvalue weighted by Crippen LogP contribution is 2.28. The van der Waals surface area contributed by atoms with Gasteiger partial charge in [0, 0.05) is 10.5 Å².